The van der Waals surface area contributed by atoms with Crippen LogP contribution in [0, 0.1) is 0 Å². The Hall–Kier alpha value is -7.08. The summed E-state index contributed by atoms with van der Waals surface area (Å²) < 4.78 is 6.50. The summed E-state index contributed by atoms with van der Waals surface area (Å²) in [4.78, 5) is 6.74. The van der Waals surface area contributed by atoms with Crippen molar-refractivity contribution in [1.82, 2.24) is 5.32 Å². The fourth-order valence-corrected chi connectivity index (χ4v) is 9.77. The van der Waals surface area contributed by atoms with Gasteiger partial charge in [-0.3, -0.25) is 4.99 Å². The number of aliphatic imine (C=N–C) groups is 1. The Morgan fingerprint density at radius 1 is 0.586 bits per heavy atom. The van der Waals surface area contributed by atoms with Crippen LogP contribution < -0.4 is 21.5 Å². The molecule has 0 fully saturated rings. The second-order valence-electron chi connectivity index (χ2n) is 14.8. The van der Waals surface area contributed by atoms with Gasteiger partial charge in [-0.05, 0) is 67.6 Å². The van der Waals surface area contributed by atoms with E-state index in [1.807, 2.05) is 23.9 Å². The number of furan rings is 1. The van der Waals surface area contributed by atoms with Crippen molar-refractivity contribution in [3.63, 3.8) is 0 Å². The van der Waals surface area contributed by atoms with Crippen LogP contribution in [0.1, 0.15) is 33.9 Å². The van der Waals surface area contributed by atoms with Gasteiger partial charge in [-0.15, -0.1) is 11.8 Å². The topological polar surface area (TPSA) is 63.5 Å². The van der Waals surface area contributed by atoms with Crippen LogP contribution in [-0.4, -0.2) is 11.6 Å². The summed E-state index contributed by atoms with van der Waals surface area (Å²) in [5.41, 5.74) is 19.6. The molecule has 11 rings (SSSR count). The summed E-state index contributed by atoms with van der Waals surface area (Å²) in [7, 11) is 0. The minimum absolute atomic E-state index is 0.236. The van der Waals surface area contributed by atoms with Crippen molar-refractivity contribution in [2.75, 3.05) is 5.75 Å². The van der Waals surface area contributed by atoms with Crippen molar-refractivity contribution in [3.8, 4) is 11.1 Å². The van der Waals surface area contributed by atoms with Crippen LogP contribution in [0.5, 0.6) is 0 Å². The largest absolute Gasteiger partial charge is 0.455 e. The Labute approximate surface area is 340 Å². The number of benzene rings is 8. The first kappa shape index (κ1) is 34.2. The highest BCUT2D eigenvalue weighted by Crippen LogP contribution is 2.41. The molecule has 5 heteroatoms. The second kappa shape index (κ2) is 14.1. The maximum atomic E-state index is 7.02. The number of amidine groups is 1. The van der Waals surface area contributed by atoms with Gasteiger partial charge in [0.15, 0.2) is 0 Å². The highest BCUT2D eigenvalue weighted by Gasteiger charge is 2.23. The molecule has 2 aliphatic rings. The molecule has 58 heavy (non-hydrogen) atoms. The predicted molar refractivity (Wildman–Crippen MR) is 242 cm³/mol. The molecular formula is C53H37N3OS. The number of nitrogens with two attached hydrogens (primary N) is 1. The van der Waals surface area contributed by atoms with Gasteiger partial charge in [0.1, 0.15) is 17.0 Å². The summed E-state index contributed by atoms with van der Waals surface area (Å²) in [5.74, 6) is 1.74. The molecule has 3 N–H and O–H groups in total. The SMILES string of the molecule is N/C(c1ccc(C2=NC(c3ccc(-c4cccc5c4oc4ccccc45)c4ccccc34)C=C(c3ccccc3)N2)cc1)=c1/cccc/c1=C1/CSc2ccccc21. The number of nitrogens with one attached hydrogen (secondary N) is 1. The molecule has 0 amide bonds. The van der Waals surface area contributed by atoms with Gasteiger partial charge in [-0.2, -0.15) is 0 Å². The Bertz CT molecular complexity index is 3270. The van der Waals surface area contributed by atoms with Gasteiger partial charge in [-0.25, -0.2) is 0 Å². The van der Waals surface area contributed by atoms with E-state index in [0.717, 1.165) is 94.3 Å². The third-order valence-electron chi connectivity index (χ3n) is 11.5. The average molecular weight is 764 g/mol. The van der Waals surface area contributed by atoms with Gasteiger partial charge < -0.3 is 15.5 Å². The Kier molecular flexibility index (Phi) is 8.34. The molecule has 1 aromatic heterocycles. The Morgan fingerprint density at radius 3 is 2.17 bits per heavy atom. The third kappa shape index (κ3) is 5.82. The van der Waals surface area contributed by atoms with Crippen LogP contribution in [0.4, 0.5) is 0 Å². The smallest absolute Gasteiger partial charge is 0.143 e. The average Bonchev–Trinajstić information content (AvgIpc) is 3.91. The van der Waals surface area contributed by atoms with E-state index >= 15 is 0 Å². The molecule has 3 heterocycles. The summed E-state index contributed by atoms with van der Waals surface area (Å²) >= 11 is 1.89. The number of para-hydroxylation sites is 2. The molecule has 0 spiro atoms. The van der Waals surface area contributed by atoms with Crippen LogP contribution in [0.25, 0.3) is 60.8 Å². The van der Waals surface area contributed by atoms with E-state index in [9.17, 15) is 0 Å². The number of fused-ring (bicyclic) bond motifs is 5. The van der Waals surface area contributed by atoms with Gasteiger partial charge in [0.05, 0.1) is 6.04 Å². The summed E-state index contributed by atoms with van der Waals surface area (Å²) in [6.07, 6.45) is 2.24. The fraction of sp³-hybridized carbons (Fsp3) is 0.0377. The third-order valence-corrected chi connectivity index (χ3v) is 12.6. The normalized spacial score (nSPS) is 16.5. The lowest BCUT2D eigenvalue weighted by Gasteiger charge is -2.24. The van der Waals surface area contributed by atoms with E-state index in [1.165, 1.54) is 21.3 Å². The van der Waals surface area contributed by atoms with Crippen LogP contribution in [0.3, 0.4) is 0 Å². The summed E-state index contributed by atoms with van der Waals surface area (Å²) in [5, 5.41) is 10.5. The fourth-order valence-electron chi connectivity index (χ4n) is 8.64. The molecule has 0 aliphatic carbocycles. The van der Waals surface area contributed by atoms with E-state index in [1.54, 1.807) is 0 Å². The summed E-state index contributed by atoms with van der Waals surface area (Å²) in [6.45, 7) is 0. The van der Waals surface area contributed by atoms with Crippen molar-refractivity contribution in [3.05, 3.63) is 226 Å². The zero-order valence-corrected chi connectivity index (χ0v) is 32.3. The monoisotopic (exact) mass is 763 g/mol. The van der Waals surface area contributed by atoms with Gasteiger partial charge >= 0.3 is 0 Å². The number of thioether (sulfide) groups is 1. The van der Waals surface area contributed by atoms with Gasteiger partial charge in [-0.1, -0.05) is 170 Å². The first-order chi connectivity index (χ1) is 28.7. The molecular weight excluding hydrogens is 727 g/mol. The highest BCUT2D eigenvalue weighted by molar-refractivity contribution is 8.00. The zero-order chi connectivity index (χ0) is 38.6. The molecule has 9 aromatic rings. The van der Waals surface area contributed by atoms with Crippen molar-refractivity contribution in [1.29, 1.82) is 0 Å². The standard InChI is InChI=1S/C53H37N3OS/c54-51(43-20-7-6-17-38(43)46-32-58-50-24-11-9-19-42(46)50)34-25-27-35(28-26-34)53-55-47(33-13-2-1-3-14-33)31-48(56-53)40-30-29-39(36-15-4-5-16-37(36)40)44-21-12-22-45-41-18-8-10-23-49(41)57-52(44)45/h1-31,48H,32,54H2,(H,55,56)/b46-38+,51-43-. The molecule has 0 saturated heterocycles. The number of hydrogen-bond acceptors (Lipinski definition) is 5. The van der Waals surface area contributed by atoms with Crippen LogP contribution in [0.2, 0.25) is 0 Å². The molecule has 0 radical (unpaired) electrons. The van der Waals surface area contributed by atoms with Crippen molar-refractivity contribution in [2.45, 2.75) is 10.9 Å². The maximum Gasteiger partial charge on any atom is 0.143 e. The molecule has 1 unspecified atom stereocenters. The molecule has 2 aliphatic heterocycles. The molecule has 4 nitrogen and oxygen atoms in total. The highest BCUT2D eigenvalue weighted by atomic mass is 32.2. The quantitative estimate of drug-likeness (QED) is 0.183. The molecule has 0 bridgehead atoms. The Morgan fingerprint density at radius 2 is 1.29 bits per heavy atom. The van der Waals surface area contributed by atoms with Gasteiger partial charge in [0, 0.05) is 49.2 Å². The van der Waals surface area contributed by atoms with Crippen LogP contribution in [0.15, 0.2) is 202 Å². The first-order valence-electron chi connectivity index (χ1n) is 19.6. The lowest BCUT2D eigenvalue weighted by molar-refractivity contribution is 0.670. The molecule has 8 aromatic carbocycles. The Balaban J connectivity index is 1.01. The van der Waals surface area contributed by atoms with Gasteiger partial charge in [0.2, 0.25) is 0 Å². The van der Waals surface area contributed by atoms with E-state index in [4.69, 9.17) is 15.1 Å². The lowest BCUT2D eigenvalue weighted by atomic mass is 9.90. The zero-order valence-electron chi connectivity index (χ0n) is 31.5. The van der Waals surface area contributed by atoms with Gasteiger partial charge in [0.25, 0.3) is 0 Å². The van der Waals surface area contributed by atoms with E-state index in [-0.39, 0.29) is 6.04 Å². The van der Waals surface area contributed by atoms with E-state index in [0.29, 0.717) is 0 Å². The number of rotatable bonds is 5. The molecule has 1 atom stereocenters. The predicted octanol–water partition coefficient (Wildman–Crippen LogP) is 11.0. The lowest BCUT2D eigenvalue weighted by Crippen LogP contribution is -2.32. The van der Waals surface area contributed by atoms with Crippen LogP contribution >= 0.6 is 11.8 Å². The van der Waals surface area contributed by atoms with Crippen molar-refractivity contribution >= 4 is 67.3 Å². The number of nitrogens with zero attached hydrogens (tertiary/aromatic N) is 1. The first-order valence-corrected chi connectivity index (χ1v) is 20.6. The maximum absolute atomic E-state index is 7.02. The molecule has 0 saturated carbocycles. The van der Waals surface area contributed by atoms with E-state index in [2.05, 4.69) is 181 Å². The minimum Gasteiger partial charge on any atom is -0.455 e. The number of hydrogen-bond donors (Lipinski definition) is 2. The second-order valence-corrected chi connectivity index (χ2v) is 15.8. The summed E-state index contributed by atoms with van der Waals surface area (Å²) in [6, 6.07) is 63.7. The minimum atomic E-state index is -0.236. The van der Waals surface area contributed by atoms with Crippen molar-refractivity contribution in [2.24, 2.45) is 10.7 Å². The van der Waals surface area contributed by atoms with E-state index < -0.39 is 0 Å². The van der Waals surface area contributed by atoms with Crippen LogP contribution in [-0.2, 0) is 0 Å². The molecule has 276 valence electrons. The van der Waals surface area contributed by atoms with Crippen molar-refractivity contribution < 1.29 is 4.42 Å².